The number of halogens is 1. The van der Waals surface area contributed by atoms with E-state index >= 15 is 0 Å². The van der Waals surface area contributed by atoms with Crippen molar-refractivity contribution in [2.45, 2.75) is 38.8 Å². The van der Waals surface area contributed by atoms with E-state index in [-0.39, 0.29) is 30.9 Å². The molecule has 0 saturated carbocycles. The molecule has 0 aliphatic carbocycles. The SMILES string of the molecule is CCCC[C@@H](CNC(=O)c1cc2cc(-c3ccc(F)cc3)ccc2[nH]1)NC(=O)OCc1ccccc1. The number of fused-ring (bicyclic) bond motifs is 1. The molecule has 0 fully saturated rings. The van der Waals surface area contributed by atoms with Crippen molar-refractivity contribution < 1.29 is 18.7 Å². The fraction of sp³-hybridized carbons (Fsp3) is 0.241. The van der Waals surface area contributed by atoms with Crippen LogP contribution in [0.3, 0.4) is 0 Å². The normalized spacial score (nSPS) is 11.7. The molecule has 0 radical (unpaired) electrons. The first-order chi connectivity index (χ1) is 17.5. The van der Waals surface area contributed by atoms with Crippen LogP contribution >= 0.6 is 0 Å². The van der Waals surface area contributed by atoms with Gasteiger partial charge in [-0.2, -0.15) is 0 Å². The van der Waals surface area contributed by atoms with Gasteiger partial charge in [-0.1, -0.05) is 68.3 Å². The van der Waals surface area contributed by atoms with Gasteiger partial charge in [-0.25, -0.2) is 9.18 Å². The van der Waals surface area contributed by atoms with Gasteiger partial charge in [-0.3, -0.25) is 4.79 Å². The zero-order valence-electron chi connectivity index (χ0n) is 20.2. The lowest BCUT2D eigenvalue weighted by atomic mass is 10.0. The zero-order valence-corrected chi connectivity index (χ0v) is 20.2. The summed E-state index contributed by atoms with van der Waals surface area (Å²) in [5.74, 6) is -0.535. The van der Waals surface area contributed by atoms with Gasteiger partial charge in [-0.05, 0) is 53.4 Å². The highest BCUT2D eigenvalue weighted by Gasteiger charge is 2.16. The number of rotatable bonds is 10. The molecule has 0 spiro atoms. The summed E-state index contributed by atoms with van der Waals surface area (Å²) in [7, 11) is 0. The van der Waals surface area contributed by atoms with Gasteiger partial charge in [-0.15, -0.1) is 0 Å². The third-order valence-corrected chi connectivity index (χ3v) is 5.99. The molecule has 3 aromatic carbocycles. The van der Waals surface area contributed by atoms with Crippen LogP contribution in [0, 0.1) is 5.82 Å². The number of aromatic amines is 1. The largest absolute Gasteiger partial charge is 0.445 e. The predicted octanol–water partition coefficient (Wildman–Crippen LogP) is 6.19. The molecular weight excluding hydrogens is 457 g/mol. The van der Waals surface area contributed by atoms with E-state index in [4.69, 9.17) is 4.74 Å². The molecule has 0 saturated heterocycles. The number of amides is 2. The Morgan fingerprint density at radius 2 is 1.72 bits per heavy atom. The van der Waals surface area contributed by atoms with Crippen molar-refractivity contribution in [1.29, 1.82) is 0 Å². The Bertz CT molecular complexity index is 1300. The maximum Gasteiger partial charge on any atom is 0.407 e. The monoisotopic (exact) mass is 487 g/mol. The molecule has 186 valence electrons. The summed E-state index contributed by atoms with van der Waals surface area (Å²) < 4.78 is 18.6. The Labute approximate surface area is 209 Å². The van der Waals surface area contributed by atoms with Crippen molar-refractivity contribution in [3.05, 3.63) is 95.9 Å². The average molecular weight is 488 g/mol. The summed E-state index contributed by atoms with van der Waals surface area (Å²) in [6, 6.07) is 23.1. The highest BCUT2D eigenvalue weighted by molar-refractivity contribution is 5.99. The van der Waals surface area contributed by atoms with Gasteiger partial charge in [0.2, 0.25) is 0 Å². The standard InChI is InChI=1S/C29H30FN3O3/c1-2-3-9-25(32-29(35)36-19-20-7-5-4-6-8-20)18-31-28(34)27-17-23-16-22(12-15-26(23)33-27)21-10-13-24(30)14-11-21/h4-8,10-17,25,33H,2-3,9,18-19H2,1H3,(H,31,34)(H,32,35)/t25-/m0/s1. The van der Waals surface area contributed by atoms with E-state index in [9.17, 15) is 14.0 Å². The van der Waals surface area contributed by atoms with Crippen LogP contribution in [-0.2, 0) is 11.3 Å². The van der Waals surface area contributed by atoms with Crippen LogP contribution in [0.5, 0.6) is 0 Å². The summed E-state index contributed by atoms with van der Waals surface area (Å²) in [6.45, 7) is 2.55. The quantitative estimate of drug-likeness (QED) is 0.249. The van der Waals surface area contributed by atoms with Gasteiger partial charge in [0.1, 0.15) is 18.1 Å². The Kier molecular flexibility index (Phi) is 8.34. The second-order valence-electron chi connectivity index (χ2n) is 8.75. The van der Waals surface area contributed by atoms with Gasteiger partial charge in [0.25, 0.3) is 5.91 Å². The third-order valence-electron chi connectivity index (χ3n) is 5.99. The van der Waals surface area contributed by atoms with Crippen LogP contribution in [0.25, 0.3) is 22.0 Å². The van der Waals surface area contributed by atoms with Crippen LogP contribution < -0.4 is 10.6 Å². The van der Waals surface area contributed by atoms with Crippen molar-refractivity contribution in [3.8, 4) is 11.1 Å². The van der Waals surface area contributed by atoms with Crippen molar-refractivity contribution >= 4 is 22.9 Å². The van der Waals surface area contributed by atoms with E-state index in [1.807, 2.05) is 48.5 Å². The molecule has 3 N–H and O–H groups in total. The van der Waals surface area contributed by atoms with E-state index in [1.54, 1.807) is 18.2 Å². The minimum atomic E-state index is -0.506. The second-order valence-corrected chi connectivity index (χ2v) is 8.75. The Hall–Kier alpha value is -4.13. The molecule has 6 nitrogen and oxygen atoms in total. The lowest BCUT2D eigenvalue weighted by molar-refractivity contribution is 0.0940. The first kappa shape index (κ1) is 25.0. The minimum absolute atomic E-state index is 0.189. The van der Waals surface area contributed by atoms with Crippen LogP contribution in [-0.4, -0.2) is 29.6 Å². The fourth-order valence-electron chi connectivity index (χ4n) is 4.00. The Morgan fingerprint density at radius 3 is 2.47 bits per heavy atom. The Morgan fingerprint density at radius 1 is 0.972 bits per heavy atom. The van der Waals surface area contributed by atoms with Crippen LogP contribution in [0.2, 0.25) is 0 Å². The van der Waals surface area contributed by atoms with Gasteiger partial charge in [0, 0.05) is 23.5 Å². The van der Waals surface area contributed by atoms with E-state index in [0.29, 0.717) is 5.69 Å². The topological polar surface area (TPSA) is 83.2 Å². The number of benzene rings is 3. The van der Waals surface area contributed by atoms with E-state index in [2.05, 4.69) is 22.5 Å². The van der Waals surface area contributed by atoms with E-state index in [1.165, 1.54) is 12.1 Å². The zero-order chi connectivity index (χ0) is 25.3. The number of hydrogen-bond acceptors (Lipinski definition) is 3. The molecular formula is C29H30FN3O3. The molecule has 0 aliphatic heterocycles. The van der Waals surface area contributed by atoms with Gasteiger partial charge >= 0.3 is 6.09 Å². The fourth-order valence-corrected chi connectivity index (χ4v) is 4.00. The number of ether oxygens (including phenoxy) is 1. The summed E-state index contributed by atoms with van der Waals surface area (Å²) >= 11 is 0. The predicted molar refractivity (Wildman–Crippen MR) is 139 cm³/mol. The lowest BCUT2D eigenvalue weighted by Crippen LogP contribution is -2.44. The number of alkyl carbamates (subject to hydrolysis) is 1. The minimum Gasteiger partial charge on any atom is -0.445 e. The molecule has 1 atom stereocenters. The molecule has 0 unspecified atom stereocenters. The van der Waals surface area contributed by atoms with Crippen LogP contribution in [0.15, 0.2) is 78.9 Å². The van der Waals surface area contributed by atoms with Gasteiger partial charge < -0.3 is 20.4 Å². The first-order valence-corrected chi connectivity index (χ1v) is 12.2. The number of hydrogen-bond donors (Lipinski definition) is 3. The number of nitrogens with one attached hydrogen (secondary N) is 3. The van der Waals surface area contributed by atoms with Crippen LogP contribution in [0.1, 0.15) is 42.2 Å². The van der Waals surface area contributed by atoms with Crippen molar-refractivity contribution in [1.82, 2.24) is 15.6 Å². The summed E-state index contributed by atoms with van der Waals surface area (Å²) in [5, 5.41) is 6.67. The van der Waals surface area contributed by atoms with E-state index in [0.717, 1.165) is 46.9 Å². The Balaban J connectivity index is 1.36. The molecule has 0 aliphatic rings. The maximum atomic E-state index is 13.2. The number of carbonyl (C=O) groups excluding carboxylic acids is 2. The molecule has 0 bridgehead atoms. The second kappa shape index (κ2) is 12.0. The molecule has 36 heavy (non-hydrogen) atoms. The van der Waals surface area contributed by atoms with E-state index < -0.39 is 6.09 Å². The maximum absolute atomic E-state index is 13.2. The van der Waals surface area contributed by atoms with Gasteiger partial charge in [0.15, 0.2) is 0 Å². The number of H-pyrrole nitrogens is 1. The first-order valence-electron chi connectivity index (χ1n) is 12.2. The van der Waals surface area contributed by atoms with Crippen molar-refractivity contribution in [2.24, 2.45) is 0 Å². The summed E-state index contributed by atoms with van der Waals surface area (Å²) in [5.41, 5.74) is 4.01. The highest BCUT2D eigenvalue weighted by atomic mass is 19.1. The number of carbonyl (C=O) groups is 2. The summed E-state index contributed by atoms with van der Waals surface area (Å²) in [6.07, 6.45) is 2.11. The smallest absolute Gasteiger partial charge is 0.407 e. The number of aromatic nitrogens is 1. The van der Waals surface area contributed by atoms with Crippen molar-refractivity contribution in [3.63, 3.8) is 0 Å². The van der Waals surface area contributed by atoms with Gasteiger partial charge in [0.05, 0.1) is 0 Å². The molecule has 1 heterocycles. The molecule has 1 aromatic heterocycles. The highest BCUT2D eigenvalue weighted by Crippen LogP contribution is 2.25. The third kappa shape index (κ3) is 6.72. The molecule has 2 amide bonds. The average Bonchev–Trinajstić information content (AvgIpc) is 3.33. The molecule has 7 heteroatoms. The molecule has 4 aromatic rings. The summed E-state index contributed by atoms with van der Waals surface area (Å²) in [4.78, 5) is 28.3. The van der Waals surface area contributed by atoms with Crippen LogP contribution in [0.4, 0.5) is 9.18 Å². The number of unbranched alkanes of at least 4 members (excludes halogenated alkanes) is 1. The molecule has 4 rings (SSSR count). The van der Waals surface area contributed by atoms with Crippen molar-refractivity contribution in [2.75, 3.05) is 6.54 Å². The lowest BCUT2D eigenvalue weighted by Gasteiger charge is -2.19.